The normalized spacial score (nSPS) is 9.55. The molecule has 0 aliphatic carbocycles. The Labute approximate surface area is 68.7 Å². The van der Waals surface area contributed by atoms with Crippen LogP contribution in [0.5, 0.6) is 5.75 Å². The Hall–Kier alpha value is -1.16. The van der Waals surface area contributed by atoms with Gasteiger partial charge in [0.1, 0.15) is 5.75 Å². The lowest BCUT2D eigenvalue weighted by atomic mass is 10.2. The smallest absolute Gasteiger partial charge is 0.336 e. The Kier molecular flexibility index (Phi) is 2.05. The molecule has 4 heteroatoms. The Balaban J connectivity index is 3.20. The molecule has 0 heterocycles. The average Bonchev–Trinajstić information content (AvgIpc) is 1.85. The van der Waals surface area contributed by atoms with Crippen LogP contribution >= 0.6 is 12.6 Å². The average molecular weight is 170 g/mol. The number of hydrogen-bond acceptors (Lipinski definition) is 3. The van der Waals surface area contributed by atoms with E-state index in [9.17, 15) is 4.79 Å². The summed E-state index contributed by atoms with van der Waals surface area (Å²) < 4.78 is 0. The monoisotopic (exact) mass is 170 g/mol. The molecule has 3 nitrogen and oxygen atoms in total. The number of hydrogen-bond donors (Lipinski definition) is 3. The molecular weight excluding hydrogens is 164 g/mol. The molecule has 0 saturated heterocycles. The molecule has 0 atom stereocenters. The summed E-state index contributed by atoms with van der Waals surface area (Å²) in [6, 6.07) is 3.90. The van der Waals surface area contributed by atoms with Gasteiger partial charge in [-0.15, -0.1) is 12.6 Å². The van der Waals surface area contributed by atoms with Crippen molar-refractivity contribution in [1.29, 1.82) is 0 Å². The highest BCUT2D eigenvalue weighted by molar-refractivity contribution is 7.80. The lowest BCUT2D eigenvalue weighted by molar-refractivity contribution is 0.0693. The first-order valence-corrected chi connectivity index (χ1v) is 3.31. The van der Waals surface area contributed by atoms with Crippen molar-refractivity contribution in [3.63, 3.8) is 0 Å². The molecule has 58 valence electrons. The summed E-state index contributed by atoms with van der Waals surface area (Å²) in [7, 11) is 0. The number of carboxylic acids is 1. The first-order chi connectivity index (χ1) is 5.11. The fourth-order valence-electron chi connectivity index (χ4n) is 0.701. The lowest BCUT2D eigenvalue weighted by Crippen LogP contribution is -1.96. The summed E-state index contributed by atoms with van der Waals surface area (Å²) in [5.41, 5.74) is 0.0890. The van der Waals surface area contributed by atoms with Gasteiger partial charge < -0.3 is 10.2 Å². The van der Waals surface area contributed by atoms with Crippen LogP contribution < -0.4 is 0 Å². The molecule has 0 unspecified atom stereocenters. The van der Waals surface area contributed by atoms with Gasteiger partial charge in [-0.25, -0.2) is 4.79 Å². The zero-order chi connectivity index (χ0) is 8.43. The highest BCUT2D eigenvalue weighted by Gasteiger charge is 2.06. The van der Waals surface area contributed by atoms with Gasteiger partial charge >= 0.3 is 5.97 Å². The van der Waals surface area contributed by atoms with Crippen molar-refractivity contribution >= 4 is 18.6 Å². The molecule has 0 fully saturated rings. The van der Waals surface area contributed by atoms with E-state index in [4.69, 9.17) is 10.2 Å². The van der Waals surface area contributed by atoms with Crippen LogP contribution in [0.3, 0.4) is 0 Å². The van der Waals surface area contributed by atoms with Crippen LogP contribution in [-0.2, 0) is 0 Å². The highest BCUT2D eigenvalue weighted by atomic mass is 32.1. The van der Waals surface area contributed by atoms with Gasteiger partial charge in [0.05, 0.1) is 5.56 Å². The maximum absolute atomic E-state index is 10.4. The van der Waals surface area contributed by atoms with Crippen LogP contribution in [0.1, 0.15) is 10.4 Å². The first kappa shape index (κ1) is 7.94. The molecule has 0 saturated carbocycles. The number of phenolic OH excluding ortho intramolecular Hbond substituents is 1. The van der Waals surface area contributed by atoms with E-state index < -0.39 is 5.97 Å². The van der Waals surface area contributed by atoms with E-state index in [1.54, 1.807) is 0 Å². The topological polar surface area (TPSA) is 57.5 Å². The van der Waals surface area contributed by atoms with Crippen molar-refractivity contribution in [2.75, 3.05) is 0 Å². The molecule has 2 N–H and O–H groups in total. The summed E-state index contributed by atoms with van der Waals surface area (Å²) >= 11 is 3.87. The Bertz CT molecular complexity index is 296. The number of thiol groups is 1. The van der Waals surface area contributed by atoms with Gasteiger partial charge in [0.25, 0.3) is 0 Å². The number of carbonyl (C=O) groups is 1. The predicted molar refractivity (Wildman–Crippen MR) is 42.3 cm³/mol. The van der Waals surface area contributed by atoms with Crippen LogP contribution in [0.15, 0.2) is 23.1 Å². The molecule has 0 bridgehead atoms. The van der Waals surface area contributed by atoms with Gasteiger partial charge in [-0.2, -0.15) is 0 Å². The number of benzene rings is 1. The maximum atomic E-state index is 10.4. The van der Waals surface area contributed by atoms with Crippen molar-refractivity contribution in [2.24, 2.45) is 0 Å². The molecule has 1 aromatic carbocycles. The maximum Gasteiger partial charge on any atom is 0.336 e. The van der Waals surface area contributed by atoms with Gasteiger partial charge in [0.15, 0.2) is 0 Å². The lowest BCUT2D eigenvalue weighted by Gasteiger charge is -1.98. The SMILES string of the molecule is O=C(O)c1ccc(O)cc1S. The van der Waals surface area contributed by atoms with Crippen LogP contribution in [0.2, 0.25) is 0 Å². The number of phenols is 1. The zero-order valence-corrected chi connectivity index (χ0v) is 6.38. The van der Waals surface area contributed by atoms with E-state index in [1.807, 2.05) is 0 Å². The van der Waals surface area contributed by atoms with Crippen LogP contribution in [0.4, 0.5) is 0 Å². The van der Waals surface area contributed by atoms with E-state index in [0.717, 1.165) is 0 Å². The summed E-state index contributed by atoms with van der Waals surface area (Å²) in [5, 5.41) is 17.4. The Morgan fingerprint density at radius 3 is 2.55 bits per heavy atom. The highest BCUT2D eigenvalue weighted by Crippen LogP contribution is 2.19. The van der Waals surface area contributed by atoms with Crippen molar-refractivity contribution in [3.8, 4) is 5.75 Å². The molecule has 1 aromatic rings. The molecule has 1 rings (SSSR count). The summed E-state index contributed by atoms with van der Waals surface area (Å²) in [4.78, 5) is 10.7. The summed E-state index contributed by atoms with van der Waals surface area (Å²) in [5.74, 6) is -1.03. The van der Waals surface area contributed by atoms with Crippen molar-refractivity contribution in [3.05, 3.63) is 23.8 Å². The van der Waals surface area contributed by atoms with Crippen molar-refractivity contribution < 1.29 is 15.0 Å². The zero-order valence-electron chi connectivity index (χ0n) is 5.48. The third-order valence-electron chi connectivity index (χ3n) is 1.21. The van der Waals surface area contributed by atoms with Gasteiger partial charge in [-0.3, -0.25) is 0 Å². The van der Waals surface area contributed by atoms with Crippen LogP contribution in [-0.4, -0.2) is 16.2 Å². The van der Waals surface area contributed by atoms with Crippen LogP contribution in [0, 0.1) is 0 Å². The van der Waals surface area contributed by atoms with Gasteiger partial charge in [0.2, 0.25) is 0 Å². The molecule has 0 amide bonds. The minimum atomic E-state index is -1.05. The molecule has 0 aromatic heterocycles. The third-order valence-corrected chi connectivity index (χ3v) is 1.58. The van der Waals surface area contributed by atoms with E-state index in [2.05, 4.69) is 12.6 Å². The van der Waals surface area contributed by atoms with Crippen molar-refractivity contribution in [1.82, 2.24) is 0 Å². The summed E-state index contributed by atoms with van der Waals surface area (Å²) in [6.07, 6.45) is 0. The van der Waals surface area contributed by atoms with E-state index in [1.165, 1.54) is 18.2 Å². The molecule has 0 aliphatic heterocycles. The summed E-state index contributed by atoms with van der Waals surface area (Å²) in [6.45, 7) is 0. The van der Waals surface area contributed by atoms with E-state index in [-0.39, 0.29) is 16.2 Å². The van der Waals surface area contributed by atoms with Gasteiger partial charge in [-0.1, -0.05) is 0 Å². The number of aromatic carboxylic acids is 1. The first-order valence-electron chi connectivity index (χ1n) is 2.86. The van der Waals surface area contributed by atoms with Gasteiger partial charge in [0, 0.05) is 4.90 Å². The quantitative estimate of drug-likeness (QED) is 0.558. The Morgan fingerprint density at radius 1 is 1.45 bits per heavy atom. The van der Waals surface area contributed by atoms with E-state index >= 15 is 0 Å². The molecule has 0 spiro atoms. The Morgan fingerprint density at radius 2 is 2.09 bits per heavy atom. The molecule has 11 heavy (non-hydrogen) atoms. The fourth-order valence-corrected chi connectivity index (χ4v) is 1.00. The number of aromatic hydroxyl groups is 1. The fraction of sp³-hybridized carbons (Fsp3) is 0. The standard InChI is InChI=1S/C7H6O3S/c8-4-1-2-5(7(9)10)6(11)3-4/h1-3,8,11H,(H,9,10). The molecule has 0 radical (unpaired) electrons. The second kappa shape index (κ2) is 2.84. The third kappa shape index (κ3) is 1.65. The second-order valence-electron chi connectivity index (χ2n) is 2.01. The molecular formula is C7H6O3S. The second-order valence-corrected chi connectivity index (χ2v) is 2.49. The largest absolute Gasteiger partial charge is 0.508 e. The molecule has 0 aliphatic rings. The predicted octanol–water partition coefficient (Wildman–Crippen LogP) is 1.38. The minimum Gasteiger partial charge on any atom is -0.508 e. The number of rotatable bonds is 1. The van der Waals surface area contributed by atoms with Gasteiger partial charge in [-0.05, 0) is 18.2 Å². The minimum absolute atomic E-state index is 0.0139. The van der Waals surface area contributed by atoms with Crippen LogP contribution in [0.25, 0.3) is 0 Å². The van der Waals surface area contributed by atoms with Crippen molar-refractivity contribution in [2.45, 2.75) is 4.90 Å². The number of carboxylic acid groups (broad SMARTS) is 1. The van der Waals surface area contributed by atoms with E-state index in [0.29, 0.717) is 0 Å².